The number of azide groups is 1. The van der Waals surface area contributed by atoms with Crippen molar-refractivity contribution >= 4 is 17.5 Å². The maximum atomic E-state index is 14.7. The average molecular weight is 386 g/mol. The second-order valence-electron chi connectivity index (χ2n) is 6.80. The van der Waals surface area contributed by atoms with Crippen molar-refractivity contribution in [1.29, 1.82) is 0 Å². The molecule has 0 unspecified atom stereocenters. The van der Waals surface area contributed by atoms with Gasteiger partial charge in [-0.05, 0) is 36.6 Å². The molecule has 3 heterocycles. The SMILES string of the molecule is [N-]=[N+]=NC1CCN(c2ccc(N3C[C@H](Cn4ccnn4)OC3=O)cc2F)CC1. The molecule has 0 spiro atoms. The van der Waals surface area contributed by atoms with Gasteiger partial charge in [0, 0.05) is 30.2 Å². The van der Waals surface area contributed by atoms with Gasteiger partial charge in [-0.2, -0.15) is 0 Å². The van der Waals surface area contributed by atoms with E-state index < -0.39 is 11.9 Å². The third kappa shape index (κ3) is 3.70. The summed E-state index contributed by atoms with van der Waals surface area (Å²) in [6.07, 6.45) is 3.74. The lowest BCUT2D eigenvalue weighted by atomic mass is 10.1. The zero-order valence-electron chi connectivity index (χ0n) is 15.1. The number of cyclic esters (lactones) is 1. The first-order valence-electron chi connectivity index (χ1n) is 9.05. The molecule has 0 aliphatic carbocycles. The minimum absolute atomic E-state index is 0.0372. The van der Waals surface area contributed by atoms with Gasteiger partial charge in [-0.1, -0.05) is 10.3 Å². The fourth-order valence-electron chi connectivity index (χ4n) is 3.58. The minimum Gasteiger partial charge on any atom is -0.442 e. The summed E-state index contributed by atoms with van der Waals surface area (Å²) in [6, 6.07) is 4.71. The quantitative estimate of drug-likeness (QED) is 0.445. The van der Waals surface area contributed by atoms with E-state index in [4.69, 9.17) is 10.3 Å². The van der Waals surface area contributed by atoms with Crippen LogP contribution in [-0.2, 0) is 11.3 Å². The van der Waals surface area contributed by atoms with Crippen LogP contribution in [0, 0.1) is 5.82 Å². The van der Waals surface area contributed by atoms with E-state index in [1.54, 1.807) is 29.2 Å². The molecule has 11 heteroatoms. The largest absolute Gasteiger partial charge is 0.442 e. The molecular weight excluding hydrogens is 367 g/mol. The zero-order chi connectivity index (χ0) is 19.5. The number of carbonyl (C=O) groups excluding carboxylic acids is 1. The van der Waals surface area contributed by atoms with E-state index in [2.05, 4.69) is 20.3 Å². The van der Waals surface area contributed by atoms with Crippen LogP contribution in [0.4, 0.5) is 20.6 Å². The van der Waals surface area contributed by atoms with E-state index in [0.717, 1.165) is 0 Å². The van der Waals surface area contributed by atoms with Crippen LogP contribution in [0.2, 0.25) is 0 Å². The monoisotopic (exact) mass is 386 g/mol. The normalized spacial score (nSPS) is 20.2. The molecular formula is C17H19FN8O2. The van der Waals surface area contributed by atoms with E-state index in [1.165, 1.54) is 11.0 Å². The summed E-state index contributed by atoms with van der Waals surface area (Å²) >= 11 is 0. The van der Waals surface area contributed by atoms with Crippen molar-refractivity contribution in [1.82, 2.24) is 15.0 Å². The number of hydrogen-bond acceptors (Lipinski definition) is 6. The lowest BCUT2D eigenvalue weighted by Gasteiger charge is -2.32. The summed E-state index contributed by atoms with van der Waals surface area (Å²) in [5.74, 6) is -0.396. The van der Waals surface area contributed by atoms with E-state index >= 15 is 0 Å². The molecule has 2 aromatic rings. The number of anilines is 2. The molecule has 2 saturated heterocycles. The summed E-state index contributed by atoms with van der Waals surface area (Å²) in [4.78, 5) is 18.4. The van der Waals surface area contributed by atoms with Crippen molar-refractivity contribution in [3.63, 3.8) is 0 Å². The molecule has 1 atom stereocenters. The van der Waals surface area contributed by atoms with Gasteiger partial charge >= 0.3 is 6.09 Å². The first-order valence-corrected chi connectivity index (χ1v) is 9.05. The van der Waals surface area contributed by atoms with E-state index in [9.17, 15) is 9.18 Å². The first kappa shape index (κ1) is 18.1. The Kier molecular flexibility index (Phi) is 4.98. The lowest BCUT2D eigenvalue weighted by Crippen LogP contribution is -2.35. The Morgan fingerprint density at radius 3 is 2.86 bits per heavy atom. The Balaban J connectivity index is 1.43. The van der Waals surface area contributed by atoms with Crippen LogP contribution in [0.15, 0.2) is 35.7 Å². The van der Waals surface area contributed by atoms with Gasteiger partial charge in [-0.25, -0.2) is 13.9 Å². The number of nitrogens with zero attached hydrogens (tertiary/aromatic N) is 8. The molecule has 1 aromatic heterocycles. The van der Waals surface area contributed by atoms with Crippen LogP contribution in [0.1, 0.15) is 12.8 Å². The Hall–Kier alpha value is -3.33. The smallest absolute Gasteiger partial charge is 0.414 e. The fraction of sp³-hybridized carbons (Fsp3) is 0.471. The van der Waals surface area contributed by atoms with Crippen LogP contribution in [0.3, 0.4) is 0 Å². The van der Waals surface area contributed by atoms with Crippen molar-refractivity contribution in [2.75, 3.05) is 29.4 Å². The molecule has 1 aromatic carbocycles. The predicted octanol–water partition coefficient (Wildman–Crippen LogP) is 2.72. The topological polar surface area (TPSA) is 112 Å². The van der Waals surface area contributed by atoms with Gasteiger partial charge in [-0.3, -0.25) is 4.90 Å². The highest BCUT2D eigenvalue weighted by Gasteiger charge is 2.33. The molecule has 2 fully saturated rings. The Bertz CT molecular complexity index is 891. The van der Waals surface area contributed by atoms with Crippen LogP contribution >= 0.6 is 0 Å². The van der Waals surface area contributed by atoms with Crippen molar-refractivity contribution in [2.45, 2.75) is 31.5 Å². The number of ether oxygens (including phenoxy) is 1. The number of amides is 1. The number of rotatable bonds is 5. The van der Waals surface area contributed by atoms with E-state index in [-0.39, 0.29) is 12.1 Å². The van der Waals surface area contributed by atoms with Gasteiger partial charge in [-0.15, -0.1) is 5.10 Å². The first-order chi connectivity index (χ1) is 13.6. The van der Waals surface area contributed by atoms with Crippen molar-refractivity contribution < 1.29 is 13.9 Å². The molecule has 146 valence electrons. The van der Waals surface area contributed by atoms with Gasteiger partial charge in [0.2, 0.25) is 0 Å². The molecule has 2 aliphatic rings. The number of halogens is 1. The number of piperidine rings is 1. The van der Waals surface area contributed by atoms with Crippen LogP contribution in [0.5, 0.6) is 0 Å². The van der Waals surface area contributed by atoms with Gasteiger partial charge in [0.15, 0.2) is 0 Å². The highest BCUT2D eigenvalue weighted by atomic mass is 19.1. The molecule has 0 N–H and O–H groups in total. The third-order valence-corrected chi connectivity index (χ3v) is 5.00. The summed E-state index contributed by atoms with van der Waals surface area (Å²) in [7, 11) is 0. The summed E-state index contributed by atoms with van der Waals surface area (Å²) in [5, 5.41) is 11.3. The standard InChI is InChI=1S/C17H19FN8O2/c18-15-9-13(1-2-16(15)24-6-3-12(4-7-24)21-22-19)26-11-14(28-17(26)27)10-25-8-5-20-23-25/h1-2,5,8-9,12,14H,3-4,6-7,10-11H2/t14-/m0/s1. The highest BCUT2D eigenvalue weighted by molar-refractivity contribution is 5.90. The number of benzene rings is 1. The third-order valence-electron chi connectivity index (χ3n) is 5.00. The van der Waals surface area contributed by atoms with Crippen LogP contribution < -0.4 is 9.80 Å². The van der Waals surface area contributed by atoms with Gasteiger partial charge < -0.3 is 9.64 Å². The molecule has 0 saturated carbocycles. The molecule has 28 heavy (non-hydrogen) atoms. The van der Waals surface area contributed by atoms with Gasteiger partial charge in [0.1, 0.15) is 11.9 Å². The molecule has 10 nitrogen and oxygen atoms in total. The number of carbonyl (C=O) groups is 1. The molecule has 2 aliphatic heterocycles. The maximum Gasteiger partial charge on any atom is 0.414 e. The second-order valence-corrected chi connectivity index (χ2v) is 6.80. The lowest BCUT2D eigenvalue weighted by molar-refractivity contribution is 0.129. The Labute approximate surface area is 160 Å². The molecule has 0 radical (unpaired) electrons. The molecule has 4 rings (SSSR count). The zero-order valence-corrected chi connectivity index (χ0v) is 15.1. The maximum absolute atomic E-state index is 14.7. The van der Waals surface area contributed by atoms with Crippen molar-refractivity contribution in [3.05, 3.63) is 46.9 Å². The van der Waals surface area contributed by atoms with E-state index in [0.29, 0.717) is 50.4 Å². The summed E-state index contributed by atoms with van der Waals surface area (Å²) in [6.45, 7) is 1.94. The summed E-state index contributed by atoms with van der Waals surface area (Å²) in [5.41, 5.74) is 9.46. The minimum atomic E-state index is -0.507. The number of hydrogen-bond donors (Lipinski definition) is 0. The summed E-state index contributed by atoms with van der Waals surface area (Å²) < 4.78 is 21.7. The van der Waals surface area contributed by atoms with Gasteiger partial charge in [0.25, 0.3) is 0 Å². The van der Waals surface area contributed by atoms with Crippen LogP contribution in [-0.4, -0.2) is 52.9 Å². The second kappa shape index (κ2) is 7.73. The van der Waals surface area contributed by atoms with E-state index in [1.807, 2.05) is 4.90 Å². The Morgan fingerprint density at radius 1 is 1.36 bits per heavy atom. The highest BCUT2D eigenvalue weighted by Crippen LogP contribution is 2.30. The van der Waals surface area contributed by atoms with Crippen molar-refractivity contribution in [2.24, 2.45) is 5.11 Å². The number of aromatic nitrogens is 3. The average Bonchev–Trinajstić information content (AvgIpc) is 3.32. The van der Waals surface area contributed by atoms with Crippen LogP contribution in [0.25, 0.3) is 10.4 Å². The van der Waals surface area contributed by atoms with Crippen molar-refractivity contribution in [3.8, 4) is 0 Å². The predicted molar refractivity (Wildman–Crippen MR) is 98.4 cm³/mol. The molecule has 0 bridgehead atoms. The Morgan fingerprint density at radius 2 is 2.18 bits per heavy atom. The fourth-order valence-corrected chi connectivity index (χ4v) is 3.58. The molecule has 1 amide bonds. The van der Waals surface area contributed by atoms with Gasteiger partial charge in [0.05, 0.1) is 30.7 Å².